The van der Waals surface area contributed by atoms with Crippen LogP contribution in [0, 0.1) is 11.3 Å². The number of thiophene rings is 1. The summed E-state index contributed by atoms with van der Waals surface area (Å²) >= 11 is 1.26. The number of Topliss-reactive ketones (excluding diaryl/α,β-unsaturated/α-hetero) is 1. The van der Waals surface area contributed by atoms with Gasteiger partial charge in [-0.1, -0.05) is 18.2 Å². The summed E-state index contributed by atoms with van der Waals surface area (Å²) in [6.45, 7) is -2.90. The summed E-state index contributed by atoms with van der Waals surface area (Å²) in [4.78, 5) is 12.6. The van der Waals surface area contributed by atoms with Gasteiger partial charge in [0.15, 0.2) is 5.78 Å². The number of hydrogen-bond donors (Lipinski definition) is 0. The van der Waals surface area contributed by atoms with Crippen LogP contribution >= 0.6 is 11.3 Å². The maximum atomic E-state index is 12.1. The average molecular weight is 293 g/mol. The van der Waals surface area contributed by atoms with E-state index in [-0.39, 0.29) is 11.5 Å². The molecule has 1 heterocycles. The second kappa shape index (κ2) is 6.26. The number of ketones is 1. The molecule has 1 aromatic heterocycles. The van der Waals surface area contributed by atoms with Crippen LogP contribution in [0.1, 0.15) is 21.2 Å². The molecule has 0 N–H and O–H groups in total. The number of benzene rings is 1. The molecule has 2 rings (SSSR count). The van der Waals surface area contributed by atoms with Crippen LogP contribution in [-0.2, 0) is 0 Å². The van der Waals surface area contributed by atoms with Crippen molar-refractivity contribution < 1.29 is 18.3 Å². The van der Waals surface area contributed by atoms with Crippen molar-refractivity contribution in [3.8, 4) is 11.8 Å². The van der Waals surface area contributed by atoms with Gasteiger partial charge in [0, 0.05) is 0 Å². The zero-order chi connectivity index (χ0) is 14.5. The Morgan fingerprint density at radius 1 is 1.25 bits per heavy atom. The van der Waals surface area contributed by atoms with E-state index in [0.29, 0.717) is 10.4 Å². The Balaban J connectivity index is 2.20. The minimum atomic E-state index is -2.90. The topological polar surface area (TPSA) is 50.1 Å². The number of alkyl halides is 2. The summed E-state index contributed by atoms with van der Waals surface area (Å²) in [6, 6.07) is 10.8. The van der Waals surface area contributed by atoms with Crippen molar-refractivity contribution in [2.24, 2.45) is 0 Å². The average Bonchev–Trinajstić information content (AvgIpc) is 2.94. The highest BCUT2D eigenvalue weighted by Gasteiger charge is 2.22. The van der Waals surface area contributed by atoms with Crippen LogP contribution in [0.3, 0.4) is 0 Å². The Morgan fingerprint density at radius 2 is 1.95 bits per heavy atom. The molecule has 0 saturated heterocycles. The lowest BCUT2D eigenvalue weighted by Gasteiger charge is -2.09. The number of halogens is 2. The van der Waals surface area contributed by atoms with Gasteiger partial charge in [-0.2, -0.15) is 14.0 Å². The third kappa shape index (κ3) is 3.19. The zero-order valence-electron chi connectivity index (χ0n) is 10.1. The Hall–Kier alpha value is -2.26. The van der Waals surface area contributed by atoms with E-state index in [4.69, 9.17) is 5.26 Å². The number of hydrogen-bond acceptors (Lipinski definition) is 4. The van der Waals surface area contributed by atoms with E-state index in [9.17, 15) is 13.6 Å². The van der Waals surface area contributed by atoms with Gasteiger partial charge in [0.25, 0.3) is 0 Å². The molecule has 0 radical (unpaired) electrons. The van der Waals surface area contributed by atoms with Gasteiger partial charge in [-0.15, -0.1) is 11.3 Å². The molecule has 0 aliphatic carbocycles. The number of rotatable bonds is 5. The summed E-state index contributed by atoms with van der Waals surface area (Å²) in [5, 5.41) is 10.9. The predicted octanol–water partition coefficient (Wildman–Crippen LogP) is 3.84. The molecule has 0 saturated carbocycles. The highest BCUT2D eigenvalue weighted by Crippen LogP contribution is 2.25. The van der Waals surface area contributed by atoms with Crippen LogP contribution in [0.25, 0.3) is 0 Å². The van der Waals surface area contributed by atoms with Gasteiger partial charge in [-0.25, -0.2) is 0 Å². The Labute approximate surface area is 118 Å². The summed E-state index contributed by atoms with van der Waals surface area (Å²) in [7, 11) is 0. The lowest BCUT2D eigenvalue weighted by molar-refractivity contribution is -0.0498. The molecule has 102 valence electrons. The standard InChI is InChI=1S/C14H9F2NO2S/c15-14(16)19-10-5-3-9(4-6-10)11(8-17)13(18)12-2-1-7-20-12/h1-7,11,14H. The molecular weight excluding hydrogens is 284 g/mol. The van der Waals surface area contributed by atoms with Crippen molar-refractivity contribution in [1.82, 2.24) is 0 Å². The van der Waals surface area contributed by atoms with Gasteiger partial charge in [0.05, 0.1) is 10.9 Å². The van der Waals surface area contributed by atoms with Crippen molar-refractivity contribution in [1.29, 1.82) is 5.26 Å². The molecular formula is C14H9F2NO2S. The summed E-state index contributed by atoms with van der Waals surface area (Å²) in [5.41, 5.74) is 0.451. The molecule has 0 amide bonds. The minimum Gasteiger partial charge on any atom is -0.435 e. The van der Waals surface area contributed by atoms with Crippen LogP contribution in [0.2, 0.25) is 0 Å². The van der Waals surface area contributed by atoms with Crippen LogP contribution in [0.5, 0.6) is 5.75 Å². The number of carbonyl (C=O) groups is 1. The van der Waals surface area contributed by atoms with Crippen LogP contribution in [0.15, 0.2) is 41.8 Å². The molecule has 0 fully saturated rings. The van der Waals surface area contributed by atoms with E-state index >= 15 is 0 Å². The van der Waals surface area contributed by atoms with Crippen molar-refractivity contribution in [2.75, 3.05) is 0 Å². The quantitative estimate of drug-likeness (QED) is 0.787. The van der Waals surface area contributed by atoms with E-state index in [0.717, 1.165) is 0 Å². The first-order valence-corrected chi connectivity index (χ1v) is 6.52. The van der Waals surface area contributed by atoms with E-state index in [2.05, 4.69) is 4.74 Å². The molecule has 0 aliphatic heterocycles. The molecule has 6 heteroatoms. The SMILES string of the molecule is N#CC(C(=O)c1cccs1)c1ccc(OC(F)F)cc1. The van der Waals surface area contributed by atoms with E-state index < -0.39 is 12.5 Å². The lowest BCUT2D eigenvalue weighted by atomic mass is 9.95. The molecule has 2 aromatic rings. The van der Waals surface area contributed by atoms with Crippen molar-refractivity contribution in [3.05, 3.63) is 52.2 Å². The van der Waals surface area contributed by atoms with Gasteiger partial charge in [0.1, 0.15) is 11.7 Å². The largest absolute Gasteiger partial charge is 0.435 e. The fourth-order valence-corrected chi connectivity index (χ4v) is 2.38. The Kier molecular flexibility index (Phi) is 4.43. The second-order valence-corrected chi connectivity index (χ2v) is 4.80. The van der Waals surface area contributed by atoms with E-state index in [1.54, 1.807) is 17.5 Å². The first kappa shape index (κ1) is 14.2. The van der Waals surface area contributed by atoms with Crippen molar-refractivity contribution >= 4 is 17.1 Å². The fourth-order valence-electron chi connectivity index (χ4n) is 1.69. The smallest absolute Gasteiger partial charge is 0.387 e. The third-order valence-corrected chi connectivity index (χ3v) is 3.48. The molecule has 20 heavy (non-hydrogen) atoms. The van der Waals surface area contributed by atoms with E-state index in [1.807, 2.05) is 6.07 Å². The minimum absolute atomic E-state index is 0.0102. The van der Waals surface area contributed by atoms with Crippen molar-refractivity contribution in [3.63, 3.8) is 0 Å². The number of carbonyl (C=O) groups excluding carboxylic acids is 1. The molecule has 0 bridgehead atoms. The summed E-state index contributed by atoms with van der Waals surface area (Å²) in [5.74, 6) is -1.26. The zero-order valence-corrected chi connectivity index (χ0v) is 10.9. The van der Waals surface area contributed by atoms with Crippen LogP contribution in [-0.4, -0.2) is 12.4 Å². The molecule has 1 aromatic carbocycles. The summed E-state index contributed by atoms with van der Waals surface area (Å²) < 4.78 is 28.3. The lowest BCUT2D eigenvalue weighted by Crippen LogP contribution is -2.10. The number of nitriles is 1. The van der Waals surface area contributed by atoms with Gasteiger partial charge in [0.2, 0.25) is 0 Å². The summed E-state index contributed by atoms with van der Waals surface area (Å²) in [6.07, 6.45) is 0. The van der Waals surface area contributed by atoms with Gasteiger partial charge >= 0.3 is 6.61 Å². The maximum Gasteiger partial charge on any atom is 0.387 e. The molecule has 1 atom stereocenters. The maximum absolute atomic E-state index is 12.1. The Morgan fingerprint density at radius 3 is 2.45 bits per heavy atom. The van der Waals surface area contributed by atoms with E-state index in [1.165, 1.54) is 35.6 Å². The van der Waals surface area contributed by atoms with Crippen LogP contribution < -0.4 is 4.74 Å². The van der Waals surface area contributed by atoms with Gasteiger partial charge < -0.3 is 4.74 Å². The number of ether oxygens (including phenoxy) is 1. The monoisotopic (exact) mass is 293 g/mol. The fraction of sp³-hybridized carbons (Fsp3) is 0.143. The normalized spacial score (nSPS) is 11.9. The first-order valence-electron chi connectivity index (χ1n) is 5.64. The van der Waals surface area contributed by atoms with Crippen LogP contribution in [0.4, 0.5) is 8.78 Å². The highest BCUT2D eigenvalue weighted by molar-refractivity contribution is 7.12. The second-order valence-electron chi connectivity index (χ2n) is 3.85. The molecule has 1 unspecified atom stereocenters. The first-order chi connectivity index (χ1) is 9.61. The Bertz CT molecular complexity index is 618. The van der Waals surface area contributed by atoms with Gasteiger partial charge in [-0.05, 0) is 29.1 Å². The predicted molar refractivity (Wildman–Crippen MR) is 70.1 cm³/mol. The highest BCUT2D eigenvalue weighted by atomic mass is 32.1. The van der Waals surface area contributed by atoms with Gasteiger partial charge in [-0.3, -0.25) is 4.79 Å². The molecule has 3 nitrogen and oxygen atoms in total. The third-order valence-electron chi connectivity index (χ3n) is 2.59. The molecule has 0 aliphatic rings. The number of nitrogens with zero attached hydrogens (tertiary/aromatic N) is 1. The molecule has 0 spiro atoms. The van der Waals surface area contributed by atoms with Crippen molar-refractivity contribution in [2.45, 2.75) is 12.5 Å².